The van der Waals surface area contributed by atoms with Crippen LogP contribution in [0.2, 0.25) is 0 Å². The topological polar surface area (TPSA) is 113 Å². The van der Waals surface area contributed by atoms with Crippen LogP contribution in [0.1, 0.15) is 20.8 Å². The zero-order valence-electron chi connectivity index (χ0n) is 13.3. The molecule has 3 N–H and O–H groups in total. The number of nitrogens with one attached hydrogen (secondary N) is 3. The van der Waals surface area contributed by atoms with Gasteiger partial charge >= 0.3 is 0 Å². The molecule has 0 atom stereocenters. The molecule has 0 unspecified atom stereocenters. The third kappa shape index (κ3) is 3.28. The molecule has 0 aliphatic heterocycles. The number of nitrogens with zero attached hydrogens (tertiary/aromatic N) is 3. The van der Waals surface area contributed by atoms with Gasteiger partial charge in [-0.2, -0.15) is 13.8 Å². The van der Waals surface area contributed by atoms with Gasteiger partial charge in [-0.05, 0) is 42.5 Å². The highest BCUT2D eigenvalue weighted by Gasteiger charge is 2.10. The Morgan fingerprint density at radius 1 is 0.923 bits per heavy atom. The van der Waals surface area contributed by atoms with E-state index in [4.69, 9.17) is 0 Å². The maximum absolute atomic E-state index is 12.4. The number of anilines is 2. The van der Waals surface area contributed by atoms with E-state index in [1.165, 1.54) is 6.20 Å². The summed E-state index contributed by atoms with van der Waals surface area (Å²) >= 11 is 0.967. The molecule has 0 saturated carbocycles. The van der Waals surface area contributed by atoms with Crippen molar-refractivity contribution in [3.05, 3.63) is 66.1 Å². The lowest BCUT2D eigenvalue weighted by Gasteiger charge is -2.07. The number of carbonyl (C=O) groups excluding carboxylic acids is 2. The van der Waals surface area contributed by atoms with Crippen molar-refractivity contribution in [3.8, 4) is 0 Å². The molecule has 2 amide bonds. The first-order chi connectivity index (χ1) is 12.7. The van der Waals surface area contributed by atoms with Crippen LogP contribution in [0.3, 0.4) is 0 Å². The molecule has 4 aromatic rings. The lowest BCUT2D eigenvalue weighted by Crippen LogP contribution is -2.14. The van der Waals surface area contributed by atoms with Gasteiger partial charge in [-0.1, -0.05) is 0 Å². The number of rotatable bonds is 4. The van der Waals surface area contributed by atoms with Crippen LogP contribution in [0.5, 0.6) is 0 Å². The van der Waals surface area contributed by atoms with Crippen LogP contribution in [0.25, 0.3) is 10.9 Å². The molecule has 2 aromatic carbocycles. The highest BCUT2D eigenvalue weighted by atomic mass is 32.1. The second kappa shape index (κ2) is 6.73. The number of fused-ring (bicyclic) bond motifs is 1. The third-order valence-corrected chi connectivity index (χ3v) is 4.18. The summed E-state index contributed by atoms with van der Waals surface area (Å²) in [7, 11) is 0. The van der Waals surface area contributed by atoms with Crippen LogP contribution in [-0.4, -0.2) is 30.8 Å². The van der Waals surface area contributed by atoms with E-state index in [-0.39, 0.29) is 17.5 Å². The van der Waals surface area contributed by atoms with Gasteiger partial charge in [0.2, 0.25) is 0 Å². The van der Waals surface area contributed by atoms with Crippen molar-refractivity contribution in [3.63, 3.8) is 0 Å². The highest BCUT2D eigenvalue weighted by Crippen LogP contribution is 2.18. The van der Waals surface area contributed by atoms with Gasteiger partial charge in [-0.25, -0.2) is 0 Å². The zero-order valence-corrected chi connectivity index (χ0v) is 14.1. The molecule has 128 valence electrons. The van der Waals surface area contributed by atoms with E-state index in [0.29, 0.717) is 16.9 Å². The Morgan fingerprint density at radius 3 is 2.46 bits per heavy atom. The average Bonchev–Trinajstić information content (AvgIpc) is 3.33. The summed E-state index contributed by atoms with van der Waals surface area (Å²) in [6.07, 6.45) is 3.12. The summed E-state index contributed by atoms with van der Waals surface area (Å²) in [5.74, 6) is -0.589. The quantitative estimate of drug-likeness (QED) is 0.515. The predicted molar refractivity (Wildman–Crippen MR) is 98.4 cm³/mol. The van der Waals surface area contributed by atoms with E-state index in [1.807, 2.05) is 18.2 Å². The number of benzene rings is 2. The molecule has 0 aliphatic carbocycles. The fraction of sp³-hybridized carbons (Fsp3) is 0. The van der Waals surface area contributed by atoms with E-state index in [2.05, 4.69) is 29.6 Å². The Kier molecular flexibility index (Phi) is 4.12. The Bertz CT molecular complexity index is 1070. The summed E-state index contributed by atoms with van der Waals surface area (Å²) in [6.45, 7) is 0. The molecule has 0 bridgehead atoms. The van der Waals surface area contributed by atoms with Crippen LogP contribution in [0.15, 0.2) is 54.9 Å². The Hall–Kier alpha value is -3.59. The molecular formula is C17H12N6O2S. The van der Waals surface area contributed by atoms with Crippen LogP contribution < -0.4 is 10.6 Å². The molecule has 0 saturated heterocycles. The Labute approximate surface area is 151 Å². The smallest absolute Gasteiger partial charge is 0.277 e. The molecule has 4 rings (SSSR count). The van der Waals surface area contributed by atoms with Gasteiger partial charge in [0.1, 0.15) is 0 Å². The van der Waals surface area contributed by atoms with Crippen molar-refractivity contribution in [1.29, 1.82) is 0 Å². The van der Waals surface area contributed by atoms with Crippen LogP contribution in [-0.2, 0) is 0 Å². The number of hydrogen-bond acceptors (Lipinski definition) is 6. The second-order valence-electron chi connectivity index (χ2n) is 5.45. The van der Waals surface area contributed by atoms with Crippen molar-refractivity contribution < 1.29 is 9.59 Å². The number of aromatic amines is 1. The van der Waals surface area contributed by atoms with E-state index < -0.39 is 0 Å². The maximum atomic E-state index is 12.4. The van der Waals surface area contributed by atoms with Crippen LogP contribution in [0.4, 0.5) is 11.4 Å². The first-order valence-corrected chi connectivity index (χ1v) is 8.35. The molecule has 0 radical (unpaired) electrons. The van der Waals surface area contributed by atoms with Crippen molar-refractivity contribution in [2.24, 2.45) is 0 Å². The van der Waals surface area contributed by atoms with Gasteiger partial charge in [0.15, 0.2) is 5.69 Å². The first kappa shape index (κ1) is 15.9. The minimum Gasteiger partial charge on any atom is -0.322 e. The zero-order chi connectivity index (χ0) is 17.9. The number of hydrogen-bond donors (Lipinski definition) is 3. The van der Waals surface area contributed by atoms with Gasteiger partial charge in [0.25, 0.3) is 11.8 Å². The number of aromatic nitrogens is 4. The van der Waals surface area contributed by atoms with Gasteiger partial charge in [-0.3, -0.25) is 14.7 Å². The standard InChI is InChI=1S/C17H12N6O2S/c24-16(21-13-6-3-11-8-18-22-14(11)7-13)10-1-4-12(5-2-10)20-17(25)15-9-19-26-23-15/h1-9H,(H,18,22)(H,20,25)(H,21,24). The van der Waals surface area contributed by atoms with Gasteiger partial charge in [-0.15, -0.1) is 0 Å². The monoisotopic (exact) mass is 364 g/mol. The largest absolute Gasteiger partial charge is 0.322 e. The Balaban J connectivity index is 1.44. The summed E-state index contributed by atoms with van der Waals surface area (Å²) < 4.78 is 7.66. The average molecular weight is 364 g/mol. The van der Waals surface area contributed by atoms with Crippen molar-refractivity contribution in [2.75, 3.05) is 10.6 Å². The minimum absolute atomic E-state index is 0.245. The molecule has 9 heteroatoms. The summed E-state index contributed by atoms with van der Waals surface area (Å²) in [5.41, 5.74) is 2.81. The van der Waals surface area contributed by atoms with E-state index in [1.54, 1.807) is 30.5 Å². The lowest BCUT2D eigenvalue weighted by molar-refractivity contribution is 0.101. The lowest BCUT2D eigenvalue weighted by atomic mass is 10.1. The Morgan fingerprint density at radius 2 is 1.69 bits per heavy atom. The van der Waals surface area contributed by atoms with Crippen molar-refractivity contribution in [1.82, 2.24) is 18.9 Å². The normalized spacial score (nSPS) is 10.6. The van der Waals surface area contributed by atoms with Crippen LogP contribution >= 0.6 is 11.7 Å². The molecule has 0 fully saturated rings. The fourth-order valence-corrected chi connectivity index (χ4v) is 2.79. The SMILES string of the molecule is O=C(Nc1ccc2cn[nH]c2c1)c1ccc(NC(=O)c2cnsn2)cc1. The summed E-state index contributed by atoms with van der Waals surface area (Å²) in [5, 5.41) is 13.3. The number of H-pyrrole nitrogens is 1. The second-order valence-corrected chi connectivity index (χ2v) is 6.01. The summed E-state index contributed by atoms with van der Waals surface area (Å²) in [4.78, 5) is 24.3. The van der Waals surface area contributed by atoms with E-state index in [9.17, 15) is 9.59 Å². The predicted octanol–water partition coefficient (Wildman–Crippen LogP) is 2.92. The van der Waals surface area contributed by atoms with Gasteiger partial charge in [0.05, 0.1) is 29.6 Å². The molecule has 26 heavy (non-hydrogen) atoms. The fourth-order valence-electron chi connectivity index (χ4n) is 2.38. The minimum atomic E-state index is -0.344. The molecule has 8 nitrogen and oxygen atoms in total. The first-order valence-electron chi connectivity index (χ1n) is 7.62. The van der Waals surface area contributed by atoms with Gasteiger partial charge in [0, 0.05) is 22.3 Å². The highest BCUT2D eigenvalue weighted by molar-refractivity contribution is 6.99. The van der Waals surface area contributed by atoms with E-state index in [0.717, 1.165) is 22.6 Å². The summed E-state index contributed by atoms with van der Waals surface area (Å²) in [6, 6.07) is 12.1. The molecule has 2 heterocycles. The molecule has 2 aromatic heterocycles. The maximum Gasteiger partial charge on any atom is 0.277 e. The van der Waals surface area contributed by atoms with Gasteiger partial charge < -0.3 is 10.6 Å². The van der Waals surface area contributed by atoms with Crippen molar-refractivity contribution in [2.45, 2.75) is 0 Å². The number of amides is 2. The van der Waals surface area contributed by atoms with Crippen molar-refractivity contribution >= 4 is 45.8 Å². The molecular weight excluding hydrogens is 352 g/mol. The van der Waals surface area contributed by atoms with E-state index >= 15 is 0 Å². The number of carbonyl (C=O) groups is 2. The molecule has 0 spiro atoms. The van der Waals surface area contributed by atoms with Crippen LogP contribution in [0, 0.1) is 0 Å². The molecule has 0 aliphatic rings. The third-order valence-electron chi connectivity index (χ3n) is 3.70.